The minimum Gasteiger partial charge on any atom is -0.462 e. The molecule has 6 nitrogen and oxygen atoms in total. The quantitative estimate of drug-likeness (QED) is 0.0261. The molecule has 466 valence electrons. The zero-order valence-corrected chi connectivity index (χ0v) is 53.5. The molecule has 1 atom stereocenters. The molecule has 0 bridgehead atoms. The van der Waals surface area contributed by atoms with E-state index in [0.717, 1.165) is 109 Å². The van der Waals surface area contributed by atoms with E-state index in [1.165, 1.54) is 193 Å². The summed E-state index contributed by atoms with van der Waals surface area (Å²) >= 11 is 0. The van der Waals surface area contributed by atoms with Crippen LogP contribution in [0.1, 0.15) is 342 Å². The van der Waals surface area contributed by atoms with Gasteiger partial charge in [0.15, 0.2) is 6.10 Å². The molecule has 0 spiro atoms. The number of rotatable bonds is 63. The molecular weight excluding hydrogens is 997 g/mol. The first-order chi connectivity index (χ1) is 40.0. The van der Waals surface area contributed by atoms with E-state index in [1.54, 1.807) is 0 Å². The third kappa shape index (κ3) is 67.0. The van der Waals surface area contributed by atoms with Crippen LogP contribution in [0.4, 0.5) is 0 Å². The molecule has 0 aliphatic carbocycles. The minimum atomic E-state index is -0.787. The molecule has 6 heteroatoms. The smallest absolute Gasteiger partial charge is 0.306 e. The maximum Gasteiger partial charge on any atom is 0.306 e. The van der Waals surface area contributed by atoms with Crippen molar-refractivity contribution < 1.29 is 28.6 Å². The van der Waals surface area contributed by atoms with Gasteiger partial charge in [0.2, 0.25) is 0 Å². The molecule has 0 heterocycles. The molecule has 0 saturated heterocycles. The SMILES string of the molecule is CC/C=C\C/C=C\C/C=C\C/C=C\CCCCCCCCCCC(=O)OC(COC(=O)CCCCCCC/C=C\CCCCCC)COC(=O)CCCCCCCCCCCCCCCC/C=C\C/C=C\C/C=C\CCCCCCC. The van der Waals surface area contributed by atoms with E-state index in [1.807, 2.05) is 0 Å². The lowest BCUT2D eigenvalue weighted by atomic mass is 10.0. The van der Waals surface area contributed by atoms with E-state index in [0.29, 0.717) is 19.3 Å². The summed E-state index contributed by atoms with van der Waals surface area (Å²) in [5.41, 5.74) is 0. The van der Waals surface area contributed by atoms with Gasteiger partial charge in [0.25, 0.3) is 0 Å². The molecule has 0 aromatic rings. The van der Waals surface area contributed by atoms with Crippen molar-refractivity contribution in [1.82, 2.24) is 0 Å². The Kier molecular flexibility index (Phi) is 65.7. The van der Waals surface area contributed by atoms with E-state index in [-0.39, 0.29) is 31.1 Å². The summed E-state index contributed by atoms with van der Waals surface area (Å²) in [6, 6.07) is 0. The standard InChI is InChI=1S/C75H130O6/c1-4-7-10-13-16-19-22-25-27-29-31-33-34-35-36-37-38-39-40-42-43-45-47-50-53-56-59-62-65-68-74(77)80-71-72(70-79-73(76)67-64-61-58-55-52-49-24-21-18-15-12-9-6-3)81-75(78)69-66-63-60-57-54-51-48-46-44-41-32-30-28-26-23-20-17-14-11-8-5-2/h8,11,17,20-22,24-26,28-29,31-32,34-35,41,72H,4-7,9-10,12-16,18-19,23,27,30,33,36-40,42-71H2,1-3H3/b11-8-,20-17-,24-21-,25-22-,28-26-,31-29-,35-34-,41-32-. The van der Waals surface area contributed by atoms with Crippen LogP contribution < -0.4 is 0 Å². The highest BCUT2D eigenvalue weighted by atomic mass is 16.6. The normalized spacial score (nSPS) is 12.7. The summed E-state index contributed by atoms with van der Waals surface area (Å²) in [7, 11) is 0. The second-order valence-corrected chi connectivity index (χ2v) is 23.1. The number of hydrogen-bond acceptors (Lipinski definition) is 6. The molecule has 1 unspecified atom stereocenters. The van der Waals surface area contributed by atoms with Gasteiger partial charge < -0.3 is 14.2 Å². The third-order valence-electron chi connectivity index (χ3n) is 15.0. The van der Waals surface area contributed by atoms with Crippen LogP contribution in [0.5, 0.6) is 0 Å². The average Bonchev–Trinajstić information content (AvgIpc) is 3.46. The zero-order chi connectivity index (χ0) is 58.5. The summed E-state index contributed by atoms with van der Waals surface area (Å²) < 4.78 is 17.0. The Hall–Kier alpha value is -3.67. The Morgan fingerprint density at radius 3 is 0.778 bits per heavy atom. The van der Waals surface area contributed by atoms with Gasteiger partial charge in [0, 0.05) is 19.3 Å². The van der Waals surface area contributed by atoms with E-state index < -0.39 is 6.10 Å². The lowest BCUT2D eigenvalue weighted by Crippen LogP contribution is -2.30. The Morgan fingerprint density at radius 2 is 0.481 bits per heavy atom. The Morgan fingerprint density at radius 1 is 0.259 bits per heavy atom. The highest BCUT2D eigenvalue weighted by molar-refractivity contribution is 5.71. The maximum atomic E-state index is 12.9. The van der Waals surface area contributed by atoms with Gasteiger partial charge in [0.1, 0.15) is 13.2 Å². The van der Waals surface area contributed by atoms with Gasteiger partial charge in [-0.3, -0.25) is 14.4 Å². The monoisotopic (exact) mass is 1130 g/mol. The number of ether oxygens (including phenoxy) is 3. The number of esters is 3. The van der Waals surface area contributed by atoms with Crippen molar-refractivity contribution in [1.29, 1.82) is 0 Å². The van der Waals surface area contributed by atoms with Crippen LogP contribution >= 0.6 is 0 Å². The summed E-state index contributed by atoms with van der Waals surface area (Å²) in [4.78, 5) is 38.4. The third-order valence-corrected chi connectivity index (χ3v) is 15.0. The van der Waals surface area contributed by atoms with Crippen LogP contribution in [0, 0.1) is 0 Å². The Balaban J connectivity index is 4.27. The molecule has 0 aromatic heterocycles. The maximum absolute atomic E-state index is 12.9. The Labute approximate surface area is 502 Å². The van der Waals surface area contributed by atoms with Gasteiger partial charge in [-0.25, -0.2) is 0 Å². The molecule has 0 amide bonds. The van der Waals surface area contributed by atoms with Crippen molar-refractivity contribution >= 4 is 17.9 Å². The van der Waals surface area contributed by atoms with Crippen LogP contribution in [0.2, 0.25) is 0 Å². The number of carbonyl (C=O) groups is 3. The topological polar surface area (TPSA) is 78.9 Å². The lowest BCUT2D eigenvalue weighted by Gasteiger charge is -2.18. The van der Waals surface area contributed by atoms with E-state index in [9.17, 15) is 14.4 Å². The fraction of sp³-hybridized carbons (Fsp3) is 0.747. The van der Waals surface area contributed by atoms with Gasteiger partial charge in [-0.05, 0) is 122 Å². The molecule has 0 radical (unpaired) electrons. The predicted octanol–water partition coefficient (Wildman–Crippen LogP) is 24.0. The Bertz CT molecular complexity index is 1580. The lowest BCUT2D eigenvalue weighted by molar-refractivity contribution is -0.167. The first-order valence-electron chi connectivity index (χ1n) is 34.7. The van der Waals surface area contributed by atoms with Crippen molar-refractivity contribution in [2.24, 2.45) is 0 Å². The summed E-state index contributed by atoms with van der Waals surface area (Å²) in [6.07, 6.45) is 92.8. The summed E-state index contributed by atoms with van der Waals surface area (Å²) in [5, 5.41) is 0. The van der Waals surface area contributed by atoms with Crippen molar-refractivity contribution in [3.63, 3.8) is 0 Å². The van der Waals surface area contributed by atoms with Crippen LogP contribution in [-0.4, -0.2) is 37.2 Å². The van der Waals surface area contributed by atoms with Crippen LogP contribution in [0.15, 0.2) is 97.2 Å². The summed E-state index contributed by atoms with van der Waals surface area (Å²) in [6.45, 7) is 6.52. The van der Waals surface area contributed by atoms with Crippen molar-refractivity contribution in [2.75, 3.05) is 13.2 Å². The second-order valence-electron chi connectivity index (χ2n) is 23.1. The molecule has 0 rings (SSSR count). The largest absolute Gasteiger partial charge is 0.462 e. The first kappa shape index (κ1) is 77.3. The van der Waals surface area contributed by atoms with Crippen LogP contribution in [0.25, 0.3) is 0 Å². The highest BCUT2D eigenvalue weighted by Crippen LogP contribution is 2.17. The van der Waals surface area contributed by atoms with E-state index in [2.05, 4.69) is 118 Å². The molecule has 0 aliphatic heterocycles. The van der Waals surface area contributed by atoms with Crippen molar-refractivity contribution in [3.05, 3.63) is 97.2 Å². The van der Waals surface area contributed by atoms with Crippen molar-refractivity contribution in [2.45, 2.75) is 348 Å². The van der Waals surface area contributed by atoms with Crippen LogP contribution in [-0.2, 0) is 28.6 Å². The number of hydrogen-bond donors (Lipinski definition) is 0. The van der Waals surface area contributed by atoms with Crippen LogP contribution in [0.3, 0.4) is 0 Å². The summed E-state index contributed by atoms with van der Waals surface area (Å²) in [5.74, 6) is -0.887. The zero-order valence-electron chi connectivity index (χ0n) is 53.5. The minimum absolute atomic E-state index is 0.0821. The predicted molar refractivity (Wildman–Crippen MR) is 353 cm³/mol. The average molecular weight is 1130 g/mol. The molecule has 0 aliphatic rings. The molecule has 81 heavy (non-hydrogen) atoms. The number of unbranched alkanes of at least 4 members (excludes halogenated alkanes) is 36. The fourth-order valence-corrected chi connectivity index (χ4v) is 9.85. The molecular formula is C75H130O6. The fourth-order valence-electron chi connectivity index (χ4n) is 9.85. The van der Waals surface area contributed by atoms with Gasteiger partial charge >= 0.3 is 17.9 Å². The number of allylic oxidation sites excluding steroid dienone is 16. The molecule has 0 aromatic carbocycles. The first-order valence-corrected chi connectivity index (χ1v) is 34.7. The second kappa shape index (κ2) is 68.8. The highest BCUT2D eigenvalue weighted by Gasteiger charge is 2.19. The van der Waals surface area contributed by atoms with Crippen molar-refractivity contribution in [3.8, 4) is 0 Å². The number of carbonyl (C=O) groups excluding carboxylic acids is 3. The van der Waals surface area contributed by atoms with Gasteiger partial charge in [-0.15, -0.1) is 0 Å². The van der Waals surface area contributed by atoms with Gasteiger partial charge in [-0.1, -0.05) is 298 Å². The molecule has 0 saturated carbocycles. The van der Waals surface area contributed by atoms with Gasteiger partial charge in [-0.2, -0.15) is 0 Å². The van der Waals surface area contributed by atoms with Gasteiger partial charge in [0.05, 0.1) is 0 Å². The van der Waals surface area contributed by atoms with E-state index in [4.69, 9.17) is 14.2 Å². The van der Waals surface area contributed by atoms with E-state index >= 15 is 0 Å². The molecule has 0 fully saturated rings. The molecule has 0 N–H and O–H groups in total.